The highest BCUT2D eigenvalue weighted by Crippen LogP contribution is 2.19. The highest BCUT2D eigenvalue weighted by Gasteiger charge is 2.19. The number of rotatable bonds is 5. The van der Waals surface area contributed by atoms with Gasteiger partial charge < -0.3 is 15.0 Å². The lowest BCUT2D eigenvalue weighted by Crippen LogP contribution is -2.41. The Balaban J connectivity index is 2.24. The molecule has 1 aliphatic heterocycles. The van der Waals surface area contributed by atoms with E-state index in [2.05, 4.69) is 43.0 Å². The number of nitrogens with one attached hydrogen (secondary N) is 1. The molecular weight excluding hydrogens is 238 g/mol. The molecule has 0 saturated carbocycles. The first-order valence-corrected chi connectivity index (χ1v) is 7.42. The molecule has 1 rings (SSSR count). The van der Waals surface area contributed by atoms with E-state index in [0.29, 0.717) is 11.3 Å². The number of aliphatic imine (C=N–C) groups is 1. The van der Waals surface area contributed by atoms with Crippen molar-refractivity contribution in [3.8, 4) is 0 Å². The van der Waals surface area contributed by atoms with Gasteiger partial charge in [-0.2, -0.15) is 0 Å². The molecule has 1 unspecified atom stereocenters. The molecule has 0 aromatic heterocycles. The van der Waals surface area contributed by atoms with Crippen LogP contribution >= 0.6 is 0 Å². The molecule has 1 N–H and O–H groups in total. The van der Waals surface area contributed by atoms with Crippen molar-refractivity contribution in [3.05, 3.63) is 0 Å². The summed E-state index contributed by atoms with van der Waals surface area (Å²) in [4.78, 5) is 6.57. The lowest BCUT2D eigenvalue weighted by atomic mass is 9.91. The molecule has 1 aliphatic rings. The standard InChI is InChI=1S/C15H31N3O/c1-15(2,3)8-6-9-17-14(16-4)18(5)11-13-7-10-19-12-13/h13H,6-12H2,1-5H3,(H,16,17). The molecule has 0 aliphatic carbocycles. The predicted molar refractivity (Wildman–Crippen MR) is 81.6 cm³/mol. The Kier molecular flexibility index (Phi) is 6.63. The minimum atomic E-state index is 0.415. The summed E-state index contributed by atoms with van der Waals surface area (Å²) < 4.78 is 5.42. The Bertz CT molecular complexity index is 278. The zero-order valence-electron chi connectivity index (χ0n) is 13.3. The molecule has 1 saturated heterocycles. The lowest BCUT2D eigenvalue weighted by Gasteiger charge is -2.25. The predicted octanol–water partition coefficient (Wildman–Crippen LogP) is 2.36. The van der Waals surface area contributed by atoms with E-state index in [-0.39, 0.29) is 0 Å². The average molecular weight is 269 g/mol. The van der Waals surface area contributed by atoms with Gasteiger partial charge in [-0.05, 0) is 24.7 Å². The van der Waals surface area contributed by atoms with Crippen molar-refractivity contribution in [2.75, 3.05) is 40.4 Å². The van der Waals surface area contributed by atoms with Crippen molar-refractivity contribution in [1.82, 2.24) is 10.2 Å². The average Bonchev–Trinajstić information content (AvgIpc) is 2.80. The molecule has 0 amide bonds. The maximum absolute atomic E-state index is 5.42. The number of nitrogens with zero attached hydrogens (tertiary/aromatic N) is 2. The fourth-order valence-electron chi connectivity index (χ4n) is 2.40. The Labute approximate surface area is 118 Å². The maximum atomic E-state index is 5.42. The quantitative estimate of drug-likeness (QED) is 0.473. The summed E-state index contributed by atoms with van der Waals surface area (Å²) in [5, 5.41) is 3.45. The Morgan fingerprint density at radius 1 is 1.42 bits per heavy atom. The van der Waals surface area contributed by atoms with Crippen LogP contribution in [0.15, 0.2) is 4.99 Å². The highest BCUT2D eigenvalue weighted by molar-refractivity contribution is 5.79. The van der Waals surface area contributed by atoms with Gasteiger partial charge in [0.15, 0.2) is 5.96 Å². The zero-order valence-corrected chi connectivity index (χ0v) is 13.3. The Morgan fingerprint density at radius 3 is 2.68 bits per heavy atom. The van der Waals surface area contributed by atoms with Gasteiger partial charge in [-0.3, -0.25) is 4.99 Å². The Hall–Kier alpha value is -0.770. The van der Waals surface area contributed by atoms with Crippen LogP contribution in [0.4, 0.5) is 0 Å². The second kappa shape index (κ2) is 7.73. The summed E-state index contributed by atoms with van der Waals surface area (Å²) >= 11 is 0. The summed E-state index contributed by atoms with van der Waals surface area (Å²) in [6, 6.07) is 0. The van der Waals surface area contributed by atoms with E-state index in [9.17, 15) is 0 Å². The monoisotopic (exact) mass is 269 g/mol. The third-order valence-corrected chi connectivity index (χ3v) is 3.52. The molecule has 0 bridgehead atoms. The first-order valence-electron chi connectivity index (χ1n) is 7.42. The number of hydrogen-bond acceptors (Lipinski definition) is 2. The highest BCUT2D eigenvalue weighted by atomic mass is 16.5. The fourth-order valence-corrected chi connectivity index (χ4v) is 2.40. The van der Waals surface area contributed by atoms with Crippen LogP contribution in [0.1, 0.15) is 40.0 Å². The van der Waals surface area contributed by atoms with Gasteiger partial charge in [-0.15, -0.1) is 0 Å². The van der Waals surface area contributed by atoms with Crippen molar-refractivity contribution in [3.63, 3.8) is 0 Å². The van der Waals surface area contributed by atoms with Crippen LogP contribution in [0.2, 0.25) is 0 Å². The largest absolute Gasteiger partial charge is 0.381 e. The van der Waals surface area contributed by atoms with E-state index >= 15 is 0 Å². The molecule has 4 heteroatoms. The second-order valence-corrected chi connectivity index (χ2v) is 6.75. The topological polar surface area (TPSA) is 36.9 Å². The number of guanidine groups is 1. The molecule has 0 aromatic carbocycles. The molecule has 112 valence electrons. The Morgan fingerprint density at radius 2 is 2.16 bits per heavy atom. The van der Waals surface area contributed by atoms with Gasteiger partial charge in [0.25, 0.3) is 0 Å². The third-order valence-electron chi connectivity index (χ3n) is 3.52. The smallest absolute Gasteiger partial charge is 0.193 e. The van der Waals surface area contributed by atoms with Gasteiger partial charge in [-0.25, -0.2) is 0 Å². The summed E-state index contributed by atoms with van der Waals surface area (Å²) in [7, 11) is 3.96. The van der Waals surface area contributed by atoms with Crippen LogP contribution in [0.3, 0.4) is 0 Å². The minimum absolute atomic E-state index is 0.415. The van der Waals surface area contributed by atoms with Crippen LogP contribution in [0.25, 0.3) is 0 Å². The van der Waals surface area contributed by atoms with Crippen LogP contribution in [0.5, 0.6) is 0 Å². The summed E-state index contributed by atoms with van der Waals surface area (Å²) in [6.45, 7) is 10.7. The van der Waals surface area contributed by atoms with E-state index in [4.69, 9.17) is 4.74 Å². The van der Waals surface area contributed by atoms with Crippen molar-refractivity contribution < 1.29 is 4.74 Å². The first kappa shape index (κ1) is 16.3. The number of hydrogen-bond donors (Lipinski definition) is 1. The van der Waals surface area contributed by atoms with E-state index in [1.807, 2.05) is 7.05 Å². The van der Waals surface area contributed by atoms with Gasteiger partial charge in [0, 0.05) is 39.7 Å². The van der Waals surface area contributed by atoms with E-state index in [1.165, 1.54) is 19.3 Å². The lowest BCUT2D eigenvalue weighted by molar-refractivity contribution is 0.181. The normalized spacial score (nSPS) is 20.7. The van der Waals surface area contributed by atoms with Gasteiger partial charge >= 0.3 is 0 Å². The molecule has 0 spiro atoms. The molecule has 1 fully saturated rings. The van der Waals surface area contributed by atoms with Gasteiger partial charge in [0.05, 0.1) is 6.61 Å². The van der Waals surface area contributed by atoms with Crippen LogP contribution in [-0.4, -0.2) is 51.3 Å². The molecule has 4 nitrogen and oxygen atoms in total. The van der Waals surface area contributed by atoms with Crippen molar-refractivity contribution in [2.24, 2.45) is 16.3 Å². The zero-order chi connectivity index (χ0) is 14.3. The van der Waals surface area contributed by atoms with Crippen molar-refractivity contribution in [2.45, 2.75) is 40.0 Å². The van der Waals surface area contributed by atoms with E-state index < -0.39 is 0 Å². The fraction of sp³-hybridized carbons (Fsp3) is 0.933. The van der Waals surface area contributed by atoms with Crippen LogP contribution in [0, 0.1) is 11.3 Å². The minimum Gasteiger partial charge on any atom is -0.381 e. The second-order valence-electron chi connectivity index (χ2n) is 6.75. The van der Waals surface area contributed by atoms with E-state index in [0.717, 1.165) is 32.3 Å². The molecule has 1 atom stereocenters. The molecule has 0 aromatic rings. The SMILES string of the molecule is CN=C(NCCCC(C)(C)C)N(C)CC1CCOC1. The maximum Gasteiger partial charge on any atom is 0.193 e. The molecular formula is C15H31N3O. The van der Waals surface area contributed by atoms with Crippen molar-refractivity contribution in [1.29, 1.82) is 0 Å². The summed E-state index contributed by atoms with van der Waals surface area (Å²) in [5.41, 5.74) is 0.415. The molecule has 0 radical (unpaired) electrons. The third kappa shape index (κ3) is 6.81. The summed E-state index contributed by atoms with van der Waals surface area (Å²) in [6.07, 6.45) is 3.59. The summed E-state index contributed by atoms with van der Waals surface area (Å²) in [5.74, 6) is 1.65. The van der Waals surface area contributed by atoms with Gasteiger partial charge in [0.1, 0.15) is 0 Å². The first-order chi connectivity index (χ1) is 8.92. The number of ether oxygens (including phenoxy) is 1. The van der Waals surface area contributed by atoms with Crippen LogP contribution < -0.4 is 5.32 Å². The van der Waals surface area contributed by atoms with Crippen molar-refractivity contribution >= 4 is 5.96 Å². The van der Waals surface area contributed by atoms with E-state index in [1.54, 1.807) is 0 Å². The van der Waals surface area contributed by atoms with Gasteiger partial charge in [0.2, 0.25) is 0 Å². The molecule has 1 heterocycles. The van der Waals surface area contributed by atoms with Gasteiger partial charge in [-0.1, -0.05) is 20.8 Å². The van der Waals surface area contributed by atoms with Crippen LogP contribution in [-0.2, 0) is 4.74 Å². The molecule has 19 heavy (non-hydrogen) atoms.